The average molecular weight is 350 g/mol. The third-order valence-electron chi connectivity index (χ3n) is 3.21. The summed E-state index contributed by atoms with van der Waals surface area (Å²) >= 11 is 0. The number of pyridine rings is 2. The number of carbonyl (C=O) groups is 2. The highest BCUT2D eigenvalue weighted by atomic mass is 16.4. The van der Waals surface area contributed by atoms with E-state index < -0.39 is 5.97 Å². The van der Waals surface area contributed by atoms with Crippen molar-refractivity contribution in [2.45, 2.75) is 6.54 Å². The molecule has 7 nitrogen and oxygen atoms in total. The van der Waals surface area contributed by atoms with Gasteiger partial charge in [0, 0.05) is 24.6 Å². The summed E-state index contributed by atoms with van der Waals surface area (Å²) in [5, 5.41) is 11.1. The van der Waals surface area contributed by atoms with Crippen LogP contribution in [0.3, 0.4) is 0 Å². The largest absolute Gasteiger partial charge is 0.477 e. The van der Waals surface area contributed by atoms with Crippen molar-refractivity contribution in [3.8, 4) is 0 Å². The second-order valence-corrected chi connectivity index (χ2v) is 5.16. The van der Waals surface area contributed by atoms with Crippen molar-refractivity contribution in [1.82, 2.24) is 15.3 Å². The quantitative estimate of drug-likeness (QED) is 0.622. The monoisotopic (exact) mass is 350 g/mol. The second kappa shape index (κ2) is 9.53. The van der Waals surface area contributed by atoms with Crippen molar-refractivity contribution in [2.24, 2.45) is 0 Å². The zero-order chi connectivity index (χ0) is 18.8. The number of carboxylic acids is 1. The number of amides is 1. The number of rotatable bonds is 4. The van der Waals surface area contributed by atoms with Gasteiger partial charge in [0.25, 0.3) is 5.91 Å². The molecule has 0 aliphatic heterocycles. The van der Waals surface area contributed by atoms with E-state index in [1.54, 1.807) is 36.5 Å². The van der Waals surface area contributed by atoms with E-state index in [-0.39, 0.29) is 11.6 Å². The first-order valence-corrected chi connectivity index (χ1v) is 7.74. The van der Waals surface area contributed by atoms with Gasteiger partial charge in [-0.1, -0.05) is 24.3 Å². The van der Waals surface area contributed by atoms with Crippen LogP contribution in [0, 0.1) is 0 Å². The number of nitrogen functional groups attached to an aromatic ring is 1. The van der Waals surface area contributed by atoms with Gasteiger partial charge in [-0.3, -0.25) is 9.78 Å². The van der Waals surface area contributed by atoms with Gasteiger partial charge in [0.15, 0.2) is 0 Å². The van der Waals surface area contributed by atoms with E-state index in [0.717, 1.165) is 5.56 Å². The van der Waals surface area contributed by atoms with Gasteiger partial charge in [0.2, 0.25) is 0 Å². The third-order valence-corrected chi connectivity index (χ3v) is 3.21. The number of carbonyl (C=O) groups excluding carboxylic acids is 1. The molecule has 3 aromatic rings. The summed E-state index contributed by atoms with van der Waals surface area (Å²) in [5.74, 6) is -1.17. The van der Waals surface area contributed by atoms with E-state index in [1.165, 1.54) is 12.3 Å². The Kier molecular flexibility index (Phi) is 6.82. The Labute approximate surface area is 150 Å². The number of aromatic nitrogens is 2. The van der Waals surface area contributed by atoms with E-state index >= 15 is 0 Å². The molecule has 4 N–H and O–H groups in total. The molecule has 0 spiro atoms. The molecule has 7 heteroatoms. The first-order chi connectivity index (χ1) is 12.6. The van der Waals surface area contributed by atoms with Crippen LogP contribution in [0.4, 0.5) is 5.69 Å². The minimum atomic E-state index is -0.990. The molecule has 0 atom stereocenters. The molecule has 0 aliphatic rings. The lowest BCUT2D eigenvalue weighted by molar-refractivity contribution is 0.0690. The topological polar surface area (TPSA) is 118 Å². The van der Waals surface area contributed by atoms with Crippen LogP contribution in [-0.4, -0.2) is 27.0 Å². The summed E-state index contributed by atoms with van der Waals surface area (Å²) < 4.78 is 0. The van der Waals surface area contributed by atoms with E-state index in [4.69, 9.17) is 10.8 Å². The number of aromatic carboxylic acids is 1. The molecule has 0 radical (unpaired) electrons. The van der Waals surface area contributed by atoms with Gasteiger partial charge in [0.05, 0.1) is 0 Å². The van der Waals surface area contributed by atoms with Crippen molar-refractivity contribution in [2.75, 3.05) is 5.73 Å². The summed E-state index contributed by atoms with van der Waals surface area (Å²) in [6, 6.07) is 17.4. The van der Waals surface area contributed by atoms with Crippen molar-refractivity contribution < 1.29 is 14.7 Å². The van der Waals surface area contributed by atoms with Gasteiger partial charge in [-0.2, -0.15) is 0 Å². The number of nitrogens with zero attached hydrogens (tertiary/aromatic N) is 2. The molecular formula is C19H18N4O3. The molecule has 0 fully saturated rings. The average Bonchev–Trinajstić information content (AvgIpc) is 2.69. The molecule has 2 heterocycles. The Morgan fingerprint density at radius 3 is 1.92 bits per heavy atom. The van der Waals surface area contributed by atoms with E-state index in [0.29, 0.717) is 17.9 Å². The van der Waals surface area contributed by atoms with Crippen molar-refractivity contribution in [1.29, 1.82) is 0 Å². The third kappa shape index (κ3) is 6.04. The van der Waals surface area contributed by atoms with Crippen LogP contribution in [0.1, 0.15) is 26.5 Å². The Morgan fingerprint density at radius 1 is 0.885 bits per heavy atom. The molecule has 0 aliphatic carbocycles. The summed E-state index contributed by atoms with van der Waals surface area (Å²) in [6.45, 7) is 0.468. The van der Waals surface area contributed by atoms with Crippen LogP contribution in [0.5, 0.6) is 0 Å². The van der Waals surface area contributed by atoms with Gasteiger partial charge >= 0.3 is 5.97 Å². The number of benzene rings is 1. The highest BCUT2D eigenvalue weighted by Crippen LogP contribution is 2.05. The number of hydrogen-bond donors (Lipinski definition) is 3. The zero-order valence-corrected chi connectivity index (χ0v) is 13.9. The normalized spacial score (nSPS) is 9.54. The molecule has 0 bridgehead atoms. The molecule has 132 valence electrons. The maximum atomic E-state index is 11.7. The SMILES string of the molecule is Nc1ccc(CNC(=O)c2ccccn2)cc1.O=C(O)c1ccccn1. The number of nitrogens with two attached hydrogens (primary N) is 1. The molecule has 2 aromatic heterocycles. The number of nitrogens with one attached hydrogen (secondary N) is 1. The summed E-state index contributed by atoms with van der Waals surface area (Å²) in [5.41, 5.74) is 7.79. The lowest BCUT2D eigenvalue weighted by Gasteiger charge is -2.04. The molecule has 1 aromatic carbocycles. The fourth-order valence-corrected chi connectivity index (χ4v) is 1.89. The predicted octanol–water partition coefficient (Wildman–Crippen LogP) is 2.37. The highest BCUT2D eigenvalue weighted by Gasteiger charge is 2.05. The molecule has 26 heavy (non-hydrogen) atoms. The van der Waals surface area contributed by atoms with Crippen LogP contribution in [0.15, 0.2) is 73.1 Å². The predicted molar refractivity (Wildman–Crippen MR) is 97.5 cm³/mol. The standard InChI is InChI=1S/C13H13N3O.C6H5NO2/c14-11-6-4-10(5-7-11)9-16-13(17)12-3-1-2-8-15-12;8-6(9)5-3-1-2-4-7-5/h1-8H,9,14H2,(H,16,17);1-4H,(H,8,9). The second-order valence-electron chi connectivity index (χ2n) is 5.16. The minimum Gasteiger partial charge on any atom is -0.477 e. The summed E-state index contributed by atoms with van der Waals surface area (Å²) in [6.07, 6.45) is 3.04. The lowest BCUT2D eigenvalue weighted by Crippen LogP contribution is -2.23. The Balaban J connectivity index is 0.000000228. The van der Waals surface area contributed by atoms with Crippen LogP contribution < -0.4 is 11.1 Å². The van der Waals surface area contributed by atoms with E-state index in [9.17, 15) is 9.59 Å². The van der Waals surface area contributed by atoms with E-state index in [1.807, 2.05) is 24.3 Å². The highest BCUT2D eigenvalue weighted by molar-refractivity contribution is 5.92. The van der Waals surface area contributed by atoms with Gasteiger partial charge < -0.3 is 16.2 Å². The smallest absolute Gasteiger partial charge is 0.354 e. The van der Waals surface area contributed by atoms with Gasteiger partial charge in [0.1, 0.15) is 11.4 Å². The maximum Gasteiger partial charge on any atom is 0.354 e. The molecule has 0 saturated heterocycles. The van der Waals surface area contributed by atoms with Gasteiger partial charge in [-0.05, 0) is 42.0 Å². The first-order valence-electron chi connectivity index (χ1n) is 7.74. The summed E-state index contributed by atoms with van der Waals surface area (Å²) in [4.78, 5) is 29.4. The molecule has 1 amide bonds. The molecule has 0 saturated carbocycles. The van der Waals surface area contributed by atoms with E-state index in [2.05, 4.69) is 15.3 Å². The van der Waals surface area contributed by atoms with Crippen molar-refractivity contribution in [3.05, 3.63) is 90.0 Å². The zero-order valence-electron chi connectivity index (χ0n) is 13.9. The fourth-order valence-electron chi connectivity index (χ4n) is 1.89. The minimum absolute atomic E-state index is 0.0810. The summed E-state index contributed by atoms with van der Waals surface area (Å²) in [7, 11) is 0. The number of anilines is 1. The molecule has 3 rings (SSSR count). The number of hydrogen-bond acceptors (Lipinski definition) is 5. The lowest BCUT2D eigenvalue weighted by atomic mass is 10.2. The van der Waals surface area contributed by atoms with Crippen LogP contribution in [0.2, 0.25) is 0 Å². The first kappa shape index (κ1) is 18.6. The fraction of sp³-hybridized carbons (Fsp3) is 0.0526. The van der Waals surface area contributed by atoms with Crippen LogP contribution >= 0.6 is 0 Å². The van der Waals surface area contributed by atoms with Crippen molar-refractivity contribution in [3.63, 3.8) is 0 Å². The van der Waals surface area contributed by atoms with Gasteiger partial charge in [-0.15, -0.1) is 0 Å². The molecule has 0 unspecified atom stereocenters. The molecular weight excluding hydrogens is 332 g/mol. The number of carboxylic acid groups (broad SMARTS) is 1. The van der Waals surface area contributed by atoms with Crippen LogP contribution in [-0.2, 0) is 6.54 Å². The van der Waals surface area contributed by atoms with Crippen molar-refractivity contribution >= 4 is 17.6 Å². The Morgan fingerprint density at radius 2 is 1.46 bits per heavy atom. The Bertz CT molecular complexity index is 838. The van der Waals surface area contributed by atoms with Gasteiger partial charge in [-0.25, -0.2) is 9.78 Å². The maximum absolute atomic E-state index is 11.7. The Hall–Kier alpha value is -3.74. The van der Waals surface area contributed by atoms with Crippen LogP contribution in [0.25, 0.3) is 0 Å².